The highest BCUT2D eigenvalue weighted by molar-refractivity contribution is 7.84. The molecule has 0 amide bonds. The Morgan fingerprint density at radius 3 is 2.93 bits per heavy atom. The topological polar surface area (TPSA) is 34.9 Å². The molecule has 0 aliphatic rings. The van der Waals surface area contributed by atoms with Crippen LogP contribution < -0.4 is 0 Å². The molecule has 3 nitrogen and oxygen atoms in total. The molecule has 0 bridgehead atoms. The summed E-state index contributed by atoms with van der Waals surface area (Å²) in [7, 11) is -1.02. The zero-order chi connectivity index (χ0) is 11.4. The third-order valence-corrected chi connectivity index (χ3v) is 3.46. The van der Waals surface area contributed by atoms with E-state index >= 15 is 0 Å². The van der Waals surface area contributed by atoms with Crippen molar-refractivity contribution in [1.82, 2.24) is 9.55 Å². The lowest BCUT2D eigenvalue weighted by molar-refractivity contribution is 0.578. The first-order chi connectivity index (χ1) is 7.00. The zero-order valence-corrected chi connectivity index (χ0v) is 10.5. The van der Waals surface area contributed by atoms with Crippen molar-refractivity contribution in [3.8, 4) is 0 Å². The molecule has 1 unspecified atom stereocenters. The number of hydrogen-bond donors (Lipinski definition) is 0. The molecule has 0 fully saturated rings. The van der Waals surface area contributed by atoms with E-state index in [1.807, 2.05) is 10.8 Å². The summed E-state index contributed by atoms with van der Waals surface area (Å²) in [6.45, 7) is 7.66. The molecule has 0 saturated carbocycles. The summed E-state index contributed by atoms with van der Waals surface area (Å²) in [5.74, 6) is 1.59. The number of nitrogens with zero attached hydrogens (tertiary/aromatic N) is 2. The monoisotopic (exact) mass is 246 g/mol. The van der Waals surface area contributed by atoms with Gasteiger partial charge in [0, 0.05) is 34.3 Å². The van der Waals surface area contributed by atoms with Gasteiger partial charge in [0.2, 0.25) is 0 Å². The van der Waals surface area contributed by atoms with Crippen molar-refractivity contribution >= 4 is 22.4 Å². The quantitative estimate of drug-likeness (QED) is 0.800. The molecule has 1 atom stereocenters. The van der Waals surface area contributed by atoms with E-state index in [0.717, 1.165) is 5.82 Å². The Hall–Kier alpha value is -0.610. The second-order valence-corrected chi connectivity index (χ2v) is 5.58. The van der Waals surface area contributed by atoms with Crippen LogP contribution in [0.5, 0.6) is 0 Å². The molecule has 0 spiro atoms. The molecular weight excluding hydrogens is 232 g/mol. The molecule has 0 aromatic carbocycles. The van der Waals surface area contributed by atoms with Crippen LogP contribution in [0, 0.1) is 0 Å². The minimum atomic E-state index is -1.02. The molecule has 0 radical (unpaired) electrons. The number of rotatable bonds is 5. The van der Waals surface area contributed by atoms with Crippen LogP contribution in [0.25, 0.3) is 0 Å². The molecule has 5 heteroatoms. The SMILES string of the molecule is C=C(Cl)CS(=O)Cc1nccn1C(C)C. The fourth-order valence-electron chi connectivity index (χ4n) is 1.30. The lowest BCUT2D eigenvalue weighted by atomic mass is 10.4. The molecule has 0 saturated heterocycles. The molecule has 84 valence electrons. The summed E-state index contributed by atoms with van der Waals surface area (Å²) < 4.78 is 13.6. The van der Waals surface area contributed by atoms with Crippen molar-refractivity contribution in [3.63, 3.8) is 0 Å². The van der Waals surface area contributed by atoms with Crippen LogP contribution in [0.4, 0.5) is 0 Å². The first kappa shape index (κ1) is 12.5. The van der Waals surface area contributed by atoms with E-state index in [1.165, 1.54) is 0 Å². The van der Waals surface area contributed by atoms with Crippen molar-refractivity contribution in [2.24, 2.45) is 0 Å². The number of hydrogen-bond acceptors (Lipinski definition) is 2. The molecule has 0 N–H and O–H groups in total. The van der Waals surface area contributed by atoms with Gasteiger partial charge in [-0.05, 0) is 13.8 Å². The van der Waals surface area contributed by atoms with Crippen LogP contribution in [0.1, 0.15) is 25.7 Å². The highest BCUT2D eigenvalue weighted by Crippen LogP contribution is 2.11. The van der Waals surface area contributed by atoms with E-state index in [2.05, 4.69) is 25.4 Å². The van der Waals surface area contributed by atoms with E-state index < -0.39 is 10.8 Å². The standard InChI is InChI=1S/C10H15ClN2OS/c1-8(2)13-5-4-12-10(13)7-15(14)6-9(3)11/h4-5,8H,3,6-7H2,1-2H3. The van der Waals surface area contributed by atoms with Crippen LogP contribution in [-0.4, -0.2) is 19.5 Å². The van der Waals surface area contributed by atoms with E-state index in [1.54, 1.807) is 6.20 Å². The number of aromatic nitrogens is 2. The first-order valence-corrected chi connectivity index (χ1v) is 6.57. The van der Waals surface area contributed by atoms with E-state index in [9.17, 15) is 4.21 Å². The minimum absolute atomic E-state index is 0.326. The Morgan fingerprint density at radius 2 is 2.40 bits per heavy atom. The van der Waals surface area contributed by atoms with Crippen molar-refractivity contribution in [2.75, 3.05) is 5.75 Å². The fraction of sp³-hybridized carbons (Fsp3) is 0.500. The summed E-state index contributed by atoms with van der Waals surface area (Å²) in [5.41, 5.74) is 0. The summed E-state index contributed by atoms with van der Waals surface area (Å²) in [5, 5.41) is 0.427. The predicted octanol–water partition coefficient (Wildman–Crippen LogP) is 2.47. The van der Waals surface area contributed by atoms with Gasteiger partial charge in [-0.2, -0.15) is 0 Å². The molecule has 0 aliphatic heterocycles. The molecule has 1 heterocycles. The van der Waals surface area contributed by atoms with E-state index in [0.29, 0.717) is 22.6 Å². The lowest BCUT2D eigenvalue weighted by Crippen LogP contribution is -2.09. The smallest absolute Gasteiger partial charge is 0.121 e. The third-order valence-electron chi connectivity index (χ3n) is 1.91. The van der Waals surface area contributed by atoms with Crippen LogP contribution in [0.3, 0.4) is 0 Å². The third kappa shape index (κ3) is 3.80. The maximum atomic E-state index is 11.6. The van der Waals surface area contributed by atoms with Crippen molar-refractivity contribution < 1.29 is 4.21 Å². The van der Waals surface area contributed by atoms with Gasteiger partial charge in [0.1, 0.15) is 5.82 Å². The minimum Gasteiger partial charge on any atom is -0.332 e. The summed E-state index contributed by atoms with van der Waals surface area (Å²) in [4.78, 5) is 4.18. The van der Waals surface area contributed by atoms with E-state index in [-0.39, 0.29) is 0 Å². The summed E-state index contributed by atoms with van der Waals surface area (Å²) >= 11 is 5.60. The highest BCUT2D eigenvalue weighted by Gasteiger charge is 2.10. The van der Waals surface area contributed by atoms with E-state index in [4.69, 9.17) is 11.6 Å². The van der Waals surface area contributed by atoms with Gasteiger partial charge in [0.05, 0.1) is 11.5 Å². The fourth-order valence-corrected chi connectivity index (χ4v) is 2.62. The van der Waals surface area contributed by atoms with Crippen LogP contribution >= 0.6 is 11.6 Å². The Morgan fingerprint density at radius 1 is 1.73 bits per heavy atom. The second-order valence-electron chi connectivity index (χ2n) is 3.59. The Bertz CT molecular complexity index is 373. The average Bonchev–Trinajstić information content (AvgIpc) is 2.50. The van der Waals surface area contributed by atoms with Gasteiger partial charge in [0.25, 0.3) is 0 Å². The molecule has 1 aromatic rings. The van der Waals surface area contributed by atoms with Crippen molar-refractivity contribution in [3.05, 3.63) is 29.8 Å². The summed E-state index contributed by atoms with van der Waals surface area (Å²) in [6, 6.07) is 0.332. The average molecular weight is 247 g/mol. The van der Waals surface area contributed by atoms with Gasteiger partial charge in [-0.25, -0.2) is 4.98 Å². The molecule has 1 aromatic heterocycles. The zero-order valence-electron chi connectivity index (χ0n) is 8.94. The molecule has 15 heavy (non-hydrogen) atoms. The first-order valence-electron chi connectivity index (χ1n) is 4.70. The molecule has 0 aliphatic carbocycles. The maximum Gasteiger partial charge on any atom is 0.121 e. The van der Waals surface area contributed by atoms with Crippen molar-refractivity contribution in [1.29, 1.82) is 0 Å². The van der Waals surface area contributed by atoms with Gasteiger partial charge in [-0.3, -0.25) is 4.21 Å². The Labute approximate surface area is 97.6 Å². The highest BCUT2D eigenvalue weighted by atomic mass is 35.5. The Kier molecular flexibility index (Phi) is 4.54. The molecular formula is C10H15ClN2OS. The van der Waals surface area contributed by atoms with Crippen LogP contribution in [0.15, 0.2) is 24.0 Å². The number of halogens is 1. The van der Waals surface area contributed by atoms with Gasteiger partial charge < -0.3 is 4.57 Å². The van der Waals surface area contributed by atoms with Crippen LogP contribution in [0.2, 0.25) is 0 Å². The predicted molar refractivity (Wildman–Crippen MR) is 64.3 cm³/mol. The van der Waals surface area contributed by atoms with Gasteiger partial charge >= 0.3 is 0 Å². The molecule has 1 rings (SSSR count). The Balaban J connectivity index is 2.68. The summed E-state index contributed by atoms with van der Waals surface area (Å²) in [6.07, 6.45) is 3.62. The van der Waals surface area contributed by atoms with Gasteiger partial charge in [-0.15, -0.1) is 0 Å². The number of imidazole rings is 1. The maximum absolute atomic E-state index is 11.6. The van der Waals surface area contributed by atoms with Crippen molar-refractivity contribution in [2.45, 2.75) is 25.6 Å². The largest absolute Gasteiger partial charge is 0.332 e. The normalized spacial score (nSPS) is 13.1. The van der Waals surface area contributed by atoms with Gasteiger partial charge in [-0.1, -0.05) is 18.2 Å². The second kappa shape index (κ2) is 5.47. The van der Waals surface area contributed by atoms with Gasteiger partial charge in [0.15, 0.2) is 0 Å². The van der Waals surface area contributed by atoms with Crippen LogP contribution in [-0.2, 0) is 16.6 Å². The lowest BCUT2D eigenvalue weighted by Gasteiger charge is -2.10.